The Bertz CT molecular complexity index is 617. The van der Waals surface area contributed by atoms with E-state index in [1.54, 1.807) is 12.3 Å². The number of aliphatic hydroxyl groups excluding tert-OH is 1. The third-order valence-corrected chi connectivity index (χ3v) is 3.97. The lowest BCUT2D eigenvalue weighted by Gasteiger charge is -2.19. The second kappa shape index (κ2) is 4.91. The lowest BCUT2D eigenvalue weighted by atomic mass is 9.93. The van der Waals surface area contributed by atoms with E-state index in [0.29, 0.717) is 5.56 Å². The third-order valence-electron chi connectivity index (χ3n) is 3.67. The highest BCUT2D eigenvalue weighted by Gasteiger charge is 2.30. The van der Waals surface area contributed by atoms with Crippen LogP contribution in [-0.2, 0) is 6.42 Å². The first-order valence-electron chi connectivity index (χ1n) is 6.23. The van der Waals surface area contributed by atoms with Gasteiger partial charge in [0.05, 0.1) is 11.1 Å². The van der Waals surface area contributed by atoms with E-state index in [2.05, 4.69) is 4.98 Å². The van der Waals surface area contributed by atoms with Crippen LogP contribution in [0.3, 0.4) is 0 Å². The molecule has 1 aliphatic carbocycles. The zero-order valence-electron chi connectivity index (χ0n) is 10.2. The lowest BCUT2D eigenvalue weighted by Crippen LogP contribution is -2.09. The number of fused-ring (bicyclic) bond motifs is 1. The monoisotopic (exact) mass is 277 g/mol. The summed E-state index contributed by atoms with van der Waals surface area (Å²) >= 11 is 5.66. The molecule has 1 aromatic carbocycles. The van der Waals surface area contributed by atoms with Gasteiger partial charge >= 0.3 is 0 Å². The average molecular weight is 278 g/mol. The van der Waals surface area contributed by atoms with Crippen LogP contribution < -0.4 is 0 Å². The molecule has 0 radical (unpaired) electrons. The fourth-order valence-electron chi connectivity index (χ4n) is 2.68. The summed E-state index contributed by atoms with van der Waals surface area (Å²) < 4.78 is 13.5. The van der Waals surface area contributed by atoms with Crippen LogP contribution in [0.4, 0.5) is 4.39 Å². The lowest BCUT2D eigenvalue weighted by molar-refractivity contribution is 0.143. The van der Waals surface area contributed by atoms with Crippen molar-refractivity contribution >= 4 is 11.6 Å². The van der Waals surface area contributed by atoms with Crippen molar-refractivity contribution in [2.24, 2.45) is 0 Å². The van der Waals surface area contributed by atoms with Gasteiger partial charge in [-0.25, -0.2) is 4.39 Å². The summed E-state index contributed by atoms with van der Waals surface area (Å²) in [5, 5.41) is 10.5. The van der Waals surface area contributed by atoms with Crippen molar-refractivity contribution in [3.8, 4) is 0 Å². The van der Waals surface area contributed by atoms with Gasteiger partial charge in [-0.3, -0.25) is 4.98 Å². The average Bonchev–Trinajstić information content (AvgIpc) is 2.85. The van der Waals surface area contributed by atoms with Crippen LogP contribution in [0, 0.1) is 5.82 Å². The minimum absolute atomic E-state index is 0.0703. The molecule has 0 bridgehead atoms. The van der Waals surface area contributed by atoms with E-state index in [1.165, 1.54) is 17.7 Å². The quantitative estimate of drug-likeness (QED) is 0.909. The number of rotatable bonds is 2. The minimum atomic E-state index is -0.747. The zero-order chi connectivity index (χ0) is 13.4. The number of hydrogen-bond donors (Lipinski definition) is 1. The van der Waals surface area contributed by atoms with Crippen LogP contribution >= 0.6 is 11.6 Å². The zero-order valence-corrected chi connectivity index (χ0v) is 10.9. The van der Waals surface area contributed by atoms with E-state index in [9.17, 15) is 9.50 Å². The summed E-state index contributed by atoms with van der Waals surface area (Å²) in [6.45, 7) is 0. The van der Waals surface area contributed by atoms with E-state index in [0.717, 1.165) is 18.5 Å². The number of aromatic nitrogens is 1. The smallest absolute Gasteiger partial charge is 0.142 e. The Labute approximate surface area is 115 Å². The number of aliphatic hydroxyl groups is 1. The maximum Gasteiger partial charge on any atom is 0.142 e. The summed E-state index contributed by atoms with van der Waals surface area (Å²) in [5.74, 6) is -0.575. The second-order valence-corrected chi connectivity index (χ2v) is 5.22. The SMILES string of the molecule is OC(c1ccc(Cl)c(F)c1)C1CCc2cccnc21. The standard InChI is InChI=1S/C15H13ClFNO/c16-12-6-4-10(8-13(12)17)15(19)11-5-3-9-2-1-7-18-14(9)11/h1-2,4,6-8,11,15,19H,3,5H2. The van der Waals surface area contributed by atoms with Gasteiger partial charge in [0, 0.05) is 17.8 Å². The predicted molar refractivity (Wildman–Crippen MR) is 71.7 cm³/mol. The summed E-state index contributed by atoms with van der Waals surface area (Å²) in [5.41, 5.74) is 2.64. The molecule has 1 N–H and O–H groups in total. The number of hydrogen-bond acceptors (Lipinski definition) is 2. The molecule has 3 rings (SSSR count). The van der Waals surface area contributed by atoms with Crippen LogP contribution in [0.25, 0.3) is 0 Å². The van der Waals surface area contributed by atoms with Crippen LogP contribution in [0.15, 0.2) is 36.5 Å². The number of nitrogens with zero attached hydrogens (tertiary/aromatic N) is 1. The summed E-state index contributed by atoms with van der Waals surface area (Å²) in [6, 6.07) is 8.36. The Morgan fingerprint density at radius 1 is 1.37 bits per heavy atom. The molecular weight excluding hydrogens is 265 g/mol. The topological polar surface area (TPSA) is 33.1 Å². The number of aryl methyl sites for hydroxylation is 1. The molecule has 0 saturated heterocycles. The molecule has 1 heterocycles. The Hall–Kier alpha value is -1.45. The fraction of sp³-hybridized carbons (Fsp3) is 0.267. The van der Waals surface area contributed by atoms with Gasteiger partial charge in [0.25, 0.3) is 0 Å². The van der Waals surface area contributed by atoms with E-state index in [-0.39, 0.29) is 10.9 Å². The fourth-order valence-corrected chi connectivity index (χ4v) is 2.80. The largest absolute Gasteiger partial charge is 0.388 e. The molecule has 0 spiro atoms. The molecule has 2 aromatic rings. The highest BCUT2D eigenvalue weighted by Crippen LogP contribution is 2.40. The third kappa shape index (κ3) is 2.24. The van der Waals surface area contributed by atoms with Crippen molar-refractivity contribution in [1.82, 2.24) is 4.98 Å². The van der Waals surface area contributed by atoms with Crippen molar-refractivity contribution in [1.29, 1.82) is 0 Å². The maximum atomic E-state index is 13.5. The molecule has 0 amide bonds. The summed E-state index contributed by atoms with van der Waals surface area (Å²) in [6.07, 6.45) is 2.72. The van der Waals surface area contributed by atoms with Crippen molar-refractivity contribution in [2.75, 3.05) is 0 Å². The molecule has 98 valence electrons. The van der Waals surface area contributed by atoms with Crippen molar-refractivity contribution in [2.45, 2.75) is 24.9 Å². The Morgan fingerprint density at radius 3 is 3.00 bits per heavy atom. The Kier molecular flexibility index (Phi) is 3.25. The van der Waals surface area contributed by atoms with Crippen molar-refractivity contribution in [3.05, 3.63) is 64.2 Å². The molecule has 2 atom stereocenters. The molecule has 2 unspecified atom stereocenters. The predicted octanol–water partition coefficient (Wildman–Crippen LogP) is 3.64. The van der Waals surface area contributed by atoms with E-state index >= 15 is 0 Å². The van der Waals surface area contributed by atoms with Gasteiger partial charge in [0.15, 0.2) is 0 Å². The first-order valence-corrected chi connectivity index (χ1v) is 6.61. The molecule has 1 aromatic heterocycles. The van der Waals surface area contributed by atoms with Crippen molar-refractivity contribution < 1.29 is 9.50 Å². The molecule has 4 heteroatoms. The number of benzene rings is 1. The summed E-state index contributed by atoms with van der Waals surface area (Å²) in [7, 11) is 0. The Balaban J connectivity index is 1.93. The van der Waals surface area contributed by atoms with E-state index in [1.807, 2.05) is 12.1 Å². The van der Waals surface area contributed by atoms with E-state index < -0.39 is 11.9 Å². The minimum Gasteiger partial charge on any atom is -0.388 e. The molecule has 0 fully saturated rings. The van der Waals surface area contributed by atoms with Gasteiger partial charge in [-0.1, -0.05) is 23.7 Å². The molecule has 1 aliphatic rings. The van der Waals surface area contributed by atoms with Gasteiger partial charge in [0.2, 0.25) is 0 Å². The van der Waals surface area contributed by atoms with Crippen molar-refractivity contribution in [3.63, 3.8) is 0 Å². The molecule has 2 nitrogen and oxygen atoms in total. The first kappa shape index (κ1) is 12.6. The van der Waals surface area contributed by atoms with Crippen LogP contribution in [0.1, 0.15) is 35.3 Å². The second-order valence-electron chi connectivity index (χ2n) is 4.81. The molecular formula is C15H13ClFNO. The van der Waals surface area contributed by atoms with Gasteiger partial charge in [0.1, 0.15) is 5.82 Å². The van der Waals surface area contributed by atoms with Crippen LogP contribution in [-0.4, -0.2) is 10.1 Å². The van der Waals surface area contributed by atoms with Crippen LogP contribution in [0.5, 0.6) is 0 Å². The van der Waals surface area contributed by atoms with Gasteiger partial charge in [-0.2, -0.15) is 0 Å². The van der Waals surface area contributed by atoms with Gasteiger partial charge < -0.3 is 5.11 Å². The normalized spacial score (nSPS) is 19.2. The summed E-state index contributed by atoms with van der Waals surface area (Å²) in [4.78, 5) is 4.35. The Morgan fingerprint density at radius 2 is 2.21 bits per heavy atom. The molecule has 0 aliphatic heterocycles. The number of halogens is 2. The van der Waals surface area contributed by atoms with Crippen LogP contribution in [0.2, 0.25) is 5.02 Å². The first-order chi connectivity index (χ1) is 9.16. The highest BCUT2D eigenvalue weighted by molar-refractivity contribution is 6.30. The molecule has 19 heavy (non-hydrogen) atoms. The molecule has 0 saturated carbocycles. The maximum absolute atomic E-state index is 13.5. The number of pyridine rings is 1. The highest BCUT2D eigenvalue weighted by atomic mass is 35.5. The van der Waals surface area contributed by atoms with E-state index in [4.69, 9.17) is 11.6 Å². The van der Waals surface area contributed by atoms with Gasteiger partial charge in [-0.15, -0.1) is 0 Å². The van der Waals surface area contributed by atoms with Gasteiger partial charge in [-0.05, 0) is 42.2 Å².